The molecule has 0 bridgehead atoms. The highest BCUT2D eigenvalue weighted by atomic mass is 15.1. The Balaban J connectivity index is 2.10. The van der Waals surface area contributed by atoms with Crippen molar-refractivity contribution >= 4 is 0 Å². The first kappa shape index (κ1) is 15.5. The molecule has 4 atom stereocenters. The highest BCUT2D eigenvalue weighted by Crippen LogP contribution is 2.37. The van der Waals surface area contributed by atoms with Crippen molar-refractivity contribution in [2.75, 3.05) is 13.6 Å². The lowest BCUT2D eigenvalue weighted by molar-refractivity contribution is 0.137. The van der Waals surface area contributed by atoms with E-state index in [1.54, 1.807) is 0 Å². The number of benzene rings is 1. The van der Waals surface area contributed by atoms with Gasteiger partial charge in [0.2, 0.25) is 0 Å². The van der Waals surface area contributed by atoms with Gasteiger partial charge in [-0.3, -0.25) is 0 Å². The Labute approximate surface area is 127 Å². The van der Waals surface area contributed by atoms with Gasteiger partial charge >= 0.3 is 0 Å². The van der Waals surface area contributed by atoms with Gasteiger partial charge in [0.1, 0.15) is 0 Å². The molecule has 3 nitrogen and oxygen atoms in total. The Morgan fingerprint density at radius 1 is 1.24 bits per heavy atom. The molecule has 0 saturated heterocycles. The molecule has 0 radical (unpaired) electrons. The molecule has 0 spiro atoms. The summed E-state index contributed by atoms with van der Waals surface area (Å²) in [5.74, 6) is 0.618. The van der Waals surface area contributed by atoms with Gasteiger partial charge in [-0.05, 0) is 44.7 Å². The summed E-state index contributed by atoms with van der Waals surface area (Å²) in [7, 11) is 2.05. The fourth-order valence-electron chi connectivity index (χ4n) is 3.42. The van der Waals surface area contributed by atoms with Crippen molar-refractivity contribution in [2.45, 2.75) is 38.1 Å². The second-order valence-electron chi connectivity index (χ2n) is 6.19. The molecule has 1 aliphatic carbocycles. The van der Waals surface area contributed by atoms with Crippen molar-refractivity contribution in [3.05, 3.63) is 35.9 Å². The molecule has 1 fully saturated rings. The third kappa shape index (κ3) is 3.84. The molecular formula is C18H23N3. The molecule has 110 valence electrons. The van der Waals surface area contributed by atoms with Crippen LogP contribution in [-0.4, -0.2) is 24.5 Å². The zero-order valence-electron chi connectivity index (χ0n) is 12.9. The molecule has 21 heavy (non-hydrogen) atoms. The average Bonchev–Trinajstić information content (AvgIpc) is 2.54. The topological polar surface area (TPSA) is 50.8 Å². The van der Waals surface area contributed by atoms with Crippen LogP contribution >= 0.6 is 0 Å². The Bertz CT molecular complexity index is 526. The van der Waals surface area contributed by atoms with Gasteiger partial charge in [0.15, 0.2) is 0 Å². The molecule has 0 heterocycles. The summed E-state index contributed by atoms with van der Waals surface area (Å²) in [5.41, 5.74) is 1.38. The summed E-state index contributed by atoms with van der Waals surface area (Å²) in [4.78, 5) is 2.22. The van der Waals surface area contributed by atoms with E-state index in [4.69, 9.17) is 5.26 Å². The maximum absolute atomic E-state index is 9.42. The van der Waals surface area contributed by atoms with Crippen molar-refractivity contribution in [1.29, 1.82) is 10.5 Å². The van der Waals surface area contributed by atoms with Crippen LogP contribution in [0.2, 0.25) is 0 Å². The van der Waals surface area contributed by atoms with Crippen molar-refractivity contribution in [3.63, 3.8) is 0 Å². The van der Waals surface area contributed by atoms with Crippen LogP contribution in [0.1, 0.15) is 37.7 Å². The van der Waals surface area contributed by atoms with Crippen LogP contribution in [-0.2, 0) is 0 Å². The van der Waals surface area contributed by atoms with Gasteiger partial charge in [-0.1, -0.05) is 30.3 Å². The molecule has 1 aromatic carbocycles. The Morgan fingerprint density at radius 3 is 2.57 bits per heavy atom. The zero-order chi connectivity index (χ0) is 15.2. The first-order chi connectivity index (χ1) is 10.2. The van der Waals surface area contributed by atoms with E-state index in [2.05, 4.69) is 48.4 Å². The summed E-state index contributed by atoms with van der Waals surface area (Å²) in [6.07, 6.45) is 3.04. The number of hydrogen-bond donors (Lipinski definition) is 0. The summed E-state index contributed by atoms with van der Waals surface area (Å²) < 4.78 is 0. The van der Waals surface area contributed by atoms with Crippen LogP contribution in [0.3, 0.4) is 0 Å². The van der Waals surface area contributed by atoms with Gasteiger partial charge in [0.25, 0.3) is 0 Å². The molecule has 4 unspecified atom stereocenters. The van der Waals surface area contributed by atoms with Crippen LogP contribution < -0.4 is 0 Å². The fraction of sp³-hybridized carbons (Fsp3) is 0.556. The highest BCUT2D eigenvalue weighted by molar-refractivity contribution is 5.21. The van der Waals surface area contributed by atoms with E-state index in [1.807, 2.05) is 13.0 Å². The molecule has 3 heteroatoms. The Kier molecular flexibility index (Phi) is 5.37. The largest absolute Gasteiger partial charge is 0.301 e. The monoisotopic (exact) mass is 281 g/mol. The van der Waals surface area contributed by atoms with Gasteiger partial charge in [-0.2, -0.15) is 10.5 Å². The molecule has 1 saturated carbocycles. The summed E-state index contributed by atoms with van der Waals surface area (Å²) in [5, 5.41) is 18.4. The molecule has 0 amide bonds. The Hall–Kier alpha value is -1.84. The van der Waals surface area contributed by atoms with E-state index in [9.17, 15) is 5.26 Å². The first-order valence-corrected chi connectivity index (χ1v) is 7.70. The SMILES string of the molecule is CC(C#N)CN(C)C1CC(c2ccccc2)CCC1C#N. The molecule has 0 aliphatic heterocycles. The van der Waals surface area contributed by atoms with E-state index in [0.29, 0.717) is 5.92 Å². The molecule has 1 aliphatic rings. The molecule has 2 rings (SSSR count). The molecule has 1 aromatic rings. The predicted octanol–water partition coefficient (Wildman–Crippen LogP) is 3.55. The minimum atomic E-state index is 0.00597. The highest BCUT2D eigenvalue weighted by Gasteiger charge is 2.34. The standard InChI is InChI=1S/C18H23N3/c1-14(11-19)13-21(2)18-10-16(8-9-17(18)12-20)15-6-4-3-5-7-15/h3-7,14,16-18H,8-10,13H2,1-2H3. The molecule has 0 aromatic heterocycles. The third-order valence-corrected chi connectivity index (χ3v) is 4.60. The summed E-state index contributed by atoms with van der Waals surface area (Å²) in [6.45, 7) is 2.68. The lowest BCUT2D eigenvalue weighted by atomic mass is 9.75. The fourth-order valence-corrected chi connectivity index (χ4v) is 3.42. The van der Waals surface area contributed by atoms with Gasteiger partial charge < -0.3 is 4.90 Å². The van der Waals surface area contributed by atoms with E-state index >= 15 is 0 Å². The van der Waals surface area contributed by atoms with Crippen molar-refractivity contribution < 1.29 is 0 Å². The zero-order valence-corrected chi connectivity index (χ0v) is 12.9. The lowest BCUT2D eigenvalue weighted by Gasteiger charge is -2.39. The summed E-state index contributed by atoms with van der Waals surface area (Å²) in [6, 6.07) is 15.6. The smallest absolute Gasteiger partial charge is 0.0672 e. The minimum Gasteiger partial charge on any atom is -0.301 e. The van der Waals surface area contributed by atoms with Crippen LogP contribution in [0.5, 0.6) is 0 Å². The second-order valence-corrected chi connectivity index (χ2v) is 6.19. The average molecular weight is 281 g/mol. The quantitative estimate of drug-likeness (QED) is 0.848. The van der Waals surface area contributed by atoms with E-state index < -0.39 is 0 Å². The van der Waals surface area contributed by atoms with Gasteiger partial charge in [0, 0.05) is 12.6 Å². The van der Waals surface area contributed by atoms with E-state index in [1.165, 1.54) is 5.56 Å². The predicted molar refractivity (Wildman–Crippen MR) is 83.3 cm³/mol. The van der Waals surface area contributed by atoms with Crippen molar-refractivity contribution in [3.8, 4) is 12.1 Å². The van der Waals surface area contributed by atoms with Gasteiger partial charge in [0.05, 0.1) is 24.0 Å². The minimum absolute atomic E-state index is 0.00597. The number of hydrogen-bond acceptors (Lipinski definition) is 3. The van der Waals surface area contributed by atoms with E-state index in [0.717, 1.165) is 25.8 Å². The lowest BCUT2D eigenvalue weighted by Crippen LogP contribution is -2.43. The van der Waals surface area contributed by atoms with Crippen LogP contribution in [0.4, 0.5) is 0 Å². The maximum Gasteiger partial charge on any atom is 0.0672 e. The molecule has 0 N–H and O–H groups in total. The van der Waals surface area contributed by atoms with Crippen LogP contribution in [0.25, 0.3) is 0 Å². The maximum atomic E-state index is 9.42. The Morgan fingerprint density at radius 2 is 1.95 bits per heavy atom. The second kappa shape index (κ2) is 7.25. The van der Waals surface area contributed by atoms with Gasteiger partial charge in [-0.25, -0.2) is 0 Å². The van der Waals surface area contributed by atoms with Gasteiger partial charge in [-0.15, -0.1) is 0 Å². The number of rotatable bonds is 4. The van der Waals surface area contributed by atoms with Crippen LogP contribution in [0, 0.1) is 34.5 Å². The van der Waals surface area contributed by atoms with E-state index in [-0.39, 0.29) is 17.9 Å². The first-order valence-electron chi connectivity index (χ1n) is 7.70. The van der Waals surface area contributed by atoms with Crippen LogP contribution in [0.15, 0.2) is 30.3 Å². The molecular weight excluding hydrogens is 258 g/mol. The van der Waals surface area contributed by atoms with Crippen molar-refractivity contribution in [2.24, 2.45) is 11.8 Å². The van der Waals surface area contributed by atoms with Crippen molar-refractivity contribution in [1.82, 2.24) is 4.90 Å². The number of nitrogens with zero attached hydrogens (tertiary/aromatic N) is 3. The summed E-state index contributed by atoms with van der Waals surface area (Å²) >= 11 is 0. The third-order valence-electron chi connectivity index (χ3n) is 4.60. The normalized spacial score (nSPS) is 26.8. The number of nitriles is 2.